The van der Waals surface area contributed by atoms with E-state index < -0.39 is 22.0 Å². The summed E-state index contributed by atoms with van der Waals surface area (Å²) in [5.41, 5.74) is 0. The Hall–Kier alpha value is -1.43. The first kappa shape index (κ1) is 13.0. The largest absolute Gasteiger partial charge is 0.480 e. The lowest BCUT2D eigenvalue weighted by Crippen LogP contribution is -2.40. The summed E-state index contributed by atoms with van der Waals surface area (Å²) in [6.45, 7) is 0.207. The third-order valence-electron chi connectivity index (χ3n) is 2.74. The zero-order valence-electron chi connectivity index (χ0n) is 9.24. The monoisotopic (exact) mass is 286 g/mol. The minimum atomic E-state index is -3.80. The van der Waals surface area contributed by atoms with Crippen molar-refractivity contribution in [1.29, 1.82) is 5.26 Å². The van der Waals surface area contributed by atoms with Crippen LogP contribution in [0.15, 0.2) is 16.3 Å². The lowest BCUT2D eigenvalue weighted by atomic mass is 10.2. The van der Waals surface area contributed by atoms with Gasteiger partial charge in [0, 0.05) is 6.54 Å². The Morgan fingerprint density at radius 1 is 1.56 bits per heavy atom. The molecule has 0 radical (unpaired) electrons. The average Bonchev–Trinajstić information content (AvgIpc) is 2.98. The molecule has 1 saturated heterocycles. The van der Waals surface area contributed by atoms with Crippen LogP contribution >= 0.6 is 11.3 Å². The summed E-state index contributed by atoms with van der Waals surface area (Å²) in [6, 6.07) is 3.63. The second kappa shape index (κ2) is 4.68. The van der Waals surface area contributed by atoms with Crippen LogP contribution in [-0.4, -0.2) is 36.4 Å². The van der Waals surface area contributed by atoms with Gasteiger partial charge < -0.3 is 5.11 Å². The lowest BCUT2D eigenvalue weighted by Gasteiger charge is -2.19. The van der Waals surface area contributed by atoms with Gasteiger partial charge in [-0.2, -0.15) is 9.57 Å². The summed E-state index contributed by atoms with van der Waals surface area (Å²) in [5.74, 6) is -1.13. The summed E-state index contributed by atoms with van der Waals surface area (Å²) in [7, 11) is -3.80. The number of aliphatic carboxylic acids is 1. The van der Waals surface area contributed by atoms with Gasteiger partial charge in [0.1, 0.15) is 21.2 Å². The predicted octanol–water partition coefficient (Wildman–Crippen LogP) is 0.857. The number of nitrogens with zero attached hydrogens (tertiary/aromatic N) is 2. The van der Waals surface area contributed by atoms with E-state index in [1.54, 1.807) is 0 Å². The summed E-state index contributed by atoms with van der Waals surface area (Å²) in [6.07, 6.45) is 0.859. The summed E-state index contributed by atoms with van der Waals surface area (Å²) >= 11 is 0.857. The quantitative estimate of drug-likeness (QED) is 0.888. The number of nitriles is 1. The normalized spacial score (nSPS) is 20.7. The van der Waals surface area contributed by atoms with Crippen LogP contribution in [0.2, 0.25) is 0 Å². The van der Waals surface area contributed by atoms with Gasteiger partial charge in [-0.1, -0.05) is 0 Å². The van der Waals surface area contributed by atoms with E-state index >= 15 is 0 Å². The van der Waals surface area contributed by atoms with E-state index in [0.29, 0.717) is 17.7 Å². The van der Waals surface area contributed by atoms with Gasteiger partial charge >= 0.3 is 5.97 Å². The van der Waals surface area contributed by atoms with Crippen molar-refractivity contribution in [3.63, 3.8) is 0 Å². The molecule has 1 atom stereocenters. The lowest BCUT2D eigenvalue weighted by molar-refractivity contribution is -0.140. The second-order valence-corrected chi connectivity index (χ2v) is 7.04. The molecule has 6 nitrogen and oxygen atoms in total. The summed E-state index contributed by atoms with van der Waals surface area (Å²) in [5, 5.41) is 17.7. The van der Waals surface area contributed by atoms with Gasteiger partial charge in [-0.05, 0) is 25.0 Å². The van der Waals surface area contributed by atoms with Gasteiger partial charge in [0.2, 0.25) is 0 Å². The molecule has 96 valence electrons. The second-order valence-electron chi connectivity index (χ2n) is 3.84. The number of carbonyl (C=O) groups is 1. The molecular weight excluding hydrogens is 276 g/mol. The molecule has 2 heterocycles. The van der Waals surface area contributed by atoms with E-state index in [9.17, 15) is 13.2 Å². The summed E-state index contributed by atoms with van der Waals surface area (Å²) < 4.78 is 25.5. The molecule has 1 aromatic heterocycles. The highest BCUT2D eigenvalue weighted by Crippen LogP contribution is 2.30. The SMILES string of the molecule is N#Cc1ccc(S(=O)(=O)N2CCCC2C(=O)O)s1. The van der Waals surface area contributed by atoms with Crippen molar-refractivity contribution in [3.8, 4) is 6.07 Å². The molecule has 0 amide bonds. The van der Waals surface area contributed by atoms with Crippen molar-refractivity contribution >= 4 is 27.3 Å². The van der Waals surface area contributed by atoms with E-state index in [-0.39, 0.29) is 10.8 Å². The minimum absolute atomic E-state index is 0.0206. The minimum Gasteiger partial charge on any atom is -0.480 e. The van der Waals surface area contributed by atoms with Gasteiger partial charge in [-0.25, -0.2) is 8.42 Å². The Balaban J connectivity index is 2.37. The fraction of sp³-hybridized carbons (Fsp3) is 0.400. The zero-order valence-corrected chi connectivity index (χ0v) is 10.9. The van der Waals surface area contributed by atoms with Crippen LogP contribution in [0.25, 0.3) is 0 Å². The average molecular weight is 286 g/mol. The van der Waals surface area contributed by atoms with Crippen molar-refractivity contribution in [2.45, 2.75) is 23.1 Å². The maximum absolute atomic E-state index is 12.2. The third-order valence-corrected chi connectivity index (χ3v) is 6.11. The smallest absolute Gasteiger partial charge is 0.322 e. The maximum atomic E-state index is 12.2. The Morgan fingerprint density at radius 2 is 2.28 bits per heavy atom. The number of thiophene rings is 1. The van der Waals surface area contributed by atoms with E-state index in [4.69, 9.17) is 10.4 Å². The molecule has 1 unspecified atom stereocenters. The Morgan fingerprint density at radius 3 is 2.83 bits per heavy atom. The molecule has 2 rings (SSSR count). The van der Waals surface area contributed by atoms with Crippen molar-refractivity contribution in [2.24, 2.45) is 0 Å². The number of hydrogen-bond acceptors (Lipinski definition) is 5. The van der Waals surface area contributed by atoms with E-state index in [0.717, 1.165) is 15.6 Å². The molecule has 1 fully saturated rings. The van der Waals surface area contributed by atoms with Gasteiger partial charge in [0.15, 0.2) is 0 Å². The standard InChI is InChI=1S/C10H10N2O4S2/c11-6-7-3-4-9(17-7)18(15,16)12-5-1-2-8(12)10(13)14/h3-4,8H,1-2,5H2,(H,13,14). The Labute approximate surface area is 108 Å². The van der Waals surface area contributed by atoms with Crippen molar-refractivity contribution < 1.29 is 18.3 Å². The zero-order chi connectivity index (χ0) is 13.3. The van der Waals surface area contributed by atoms with E-state index in [1.165, 1.54) is 12.1 Å². The molecular formula is C10H10N2O4S2. The number of rotatable bonds is 3. The molecule has 1 aliphatic heterocycles. The maximum Gasteiger partial charge on any atom is 0.322 e. The highest BCUT2D eigenvalue weighted by atomic mass is 32.2. The van der Waals surface area contributed by atoms with Crippen molar-refractivity contribution in [3.05, 3.63) is 17.0 Å². The Kier molecular flexibility index (Phi) is 3.38. The van der Waals surface area contributed by atoms with Crippen LogP contribution in [0, 0.1) is 11.3 Å². The number of hydrogen-bond donors (Lipinski definition) is 1. The van der Waals surface area contributed by atoms with Crippen LogP contribution in [0.1, 0.15) is 17.7 Å². The third kappa shape index (κ3) is 2.12. The molecule has 0 saturated carbocycles. The first-order chi connectivity index (χ1) is 8.46. The topological polar surface area (TPSA) is 98.5 Å². The Bertz CT molecular complexity index is 614. The first-order valence-corrected chi connectivity index (χ1v) is 7.47. The molecule has 0 spiro atoms. The molecule has 18 heavy (non-hydrogen) atoms. The van der Waals surface area contributed by atoms with Gasteiger partial charge in [0.25, 0.3) is 10.0 Å². The first-order valence-electron chi connectivity index (χ1n) is 5.21. The van der Waals surface area contributed by atoms with Gasteiger partial charge in [-0.3, -0.25) is 4.79 Å². The van der Waals surface area contributed by atoms with Gasteiger partial charge in [0.05, 0.1) is 0 Å². The van der Waals surface area contributed by atoms with Crippen LogP contribution < -0.4 is 0 Å². The summed E-state index contributed by atoms with van der Waals surface area (Å²) in [4.78, 5) is 11.3. The predicted molar refractivity (Wildman–Crippen MR) is 63.6 cm³/mol. The van der Waals surface area contributed by atoms with Crippen molar-refractivity contribution in [1.82, 2.24) is 4.31 Å². The highest BCUT2D eigenvalue weighted by Gasteiger charge is 2.40. The van der Waals surface area contributed by atoms with Crippen molar-refractivity contribution in [2.75, 3.05) is 6.54 Å². The number of carboxylic acids is 1. The number of sulfonamides is 1. The van der Waals surface area contributed by atoms with E-state index in [2.05, 4.69) is 0 Å². The molecule has 1 N–H and O–H groups in total. The van der Waals surface area contributed by atoms with Crippen LogP contribution in [0.5, 0.6) is 0 Å². The molecule has 1 aliphatic rings. The fourth-order valence-electron chi connectivity index (χ4n) is 1.91. The fourth-order valence-corrected chi connectivity index (χ4v) is 4.79. The molecule has 1 aromatic rings. The highest BCUT2D eigenvalue weighted by molar-refractivity contribution is 7.91. The van der Waals surface area contributed by atoms with Gasteiger partial charge in [-0.15, -0.1) is 11.3 Å². The molecule has 0 bridgehead atoms. The van der Waals surface area contributed by atoms with E-state index in [1.807, 2.05) is 6.07 Å². The molecule has 0 aliphatic carbocycles. The molecule has 0 aromatic carbocycles. The molecule has 8 heteroatoms. The van der Waals surface area contributed by atoms with Crippen LogP contribution in [0.3, 0.4) is 0 Å². The van der Waals surface area contributed by atoms with Crippen LogP contribution in [0.4, 0.5) is 0 Å². The van der Waals surface area contributed by atoms with Crippen LogP contribution in [-0.2, 0) is 14.8 Å². The number of carboxylic acid groups (broad SMARTS) is 1.